The lowest BCUT2D eigenvalue weighted by Gasteiger charge is -2.20. The summed E-state index contributed by atoms with van der Waals surface area (Å²) in [4.78, 5) is 13.0. The molecule has 2 aromatic carbocycles. The van der Waals surface area contributed by atoms with Crippen LogP contribution in [0.5, 0.6) is 11.5 Å². The maximum Gasteiger partial charge on any atom is 0.259 e. The van der Waals surface area contributed by atoms with Gasteiger partial charge in [-0.15, -0.1) is 0 Å². The Morgan fingerprint density at radius 3 is 2.41 bits per heavy atom. The number of carbonyl (C=O) groups is 1. The van der Waals surface area contributed by atoms with Crippen LogP contribution < -0.4 is 14.8 Å². The van der Waals surface area contributed by atoms with Gasteiger partial charge in [0.05, 0.1) is 33.9 Å². The van der Waals surface area contributed by atoms with Crippen LogP contribution in [0.25, 0.3) is 5.69 Å². The Kier molecular flexibility index (Phi) is 5.39. The van der Waals surface area contributed by atoms with Crippen LogP contribution >= 0.6 is 23.2 Å². The largest absolute Gasteiger partial charge is 0.486 e. The molecule has 150 valence electrons. The molecule has 1 amide bonds. The van der Waals surface area contributed by atoms with Gasteiger partial charge in [0.1, 0.15) is 13.2 Å². The fourth-order valence-electron chi connectivity index (χ4n) is 3.23. The number of amides is 1. The first-order chi connectivity index (χ1) is 13.9. The zero-order chi connectivity index (χ0) is 20.5. The molecule has 1 N–H and O–H groups in total. The first-order valence-corrected chi connectivity index (χ1v) is 9.94. The normalized spacial score (nSPS) is 12.9. The minimum absolute atomic E-state index is 0.0599. The highest BCUT2D eigenvalue weighted by Gasteiger charge is 2.23. The van der Waals surface area contributed by atoms with Crippen LogP contribution in [0, 0.1) is 0 Å². The van der Waals surface area contributed by atoms with Crippen molar-refractivity contribution in [1.82, 2.24) is 9.78 Å². The maximum absolute atomic E-state index is 13.0. The zero-order valence-electron chi connectivity index (χ0n) is 15.9. The number of aromatic nitrogens is 2. The van der Waals surface area contributed by atoms with E-state index in [-0.39, 0.29) is 11.8 Å². The van der Waals surface area contributed by atoms with Crippen molar-refractivity contribution < 1.29 is 14.3 Å². The molecule has 0 fully saturated rings. The Hall–Kier alpha value is -2.70. The summed E-state index contributed by atoms with van der Waals surface area (Å²) in [6.45, 7) is 4.94. The van der Waals surface area contributed by atoms with Crippen LogP contribution in [0.4, 0.5) is 5.69 Å². The molecule has 0 atom stereocenters. The third-order valence-electron chi connectivity index (χ3n) is 4.55. The Labute approximate surface area is 178 Å². The van der Waals surface area contributed by atoms with Crippen LogP contribution in [0.3, 0.4) is 0 Å². The molecular formula is C21H19Cl2N3O3. The molecule has 2 heterocycles. The molecule has 29 heavy (non-hydrogen) atoms. The Balaban J connectivity index is 1.66. The lowest BCUT2D eigenvalue weighted by Crippen LogP contribution is -2.18. The average molecular weight is 432 g/mol. The molecule has 6 nitrogen and oxygen atoms in total. The van der Waals surface area contributed by atoms with Gasteiger partial charge in [-0.05, 0) is 30.2 Å². The molecule has 1 aliphatic heterocycles. The number of rotatable bonds is 4. The monoisotopic (exact) mass is 431 g/mol. The molecule has 1 aliphatic rings. The Morgan fingerprint density at radius 1 is 1.10 bits per heavy atom. The number of nitrogens with zero attached hydrogens (tertiary/aromatic N) is 2. The number of carbonyl (C=O) groups excluding carboxylic acids is 1. The molecule has 0 radical (unpaired) electrons. The van der Waals surface area contributed by atoms with Gasteiger partial charge >= 0.3 is 0 Å². The van der Waals surface area contributed by atoms with E-state index in [1.807, 2.05) is 26.0 Å². The summed E-state index contributed by atoms with van der Waals surface area (Å²) in [6.07, 6.45) is 1.56. The standard InChI is InChI=1S/C21H19Cl2N3O3/c1-12(2)20-15(11-24-26(20)14-5-3-13(22)4-6-14)21(27)25-17-10-19-18(9-16(17)23)28-7-8-29-19/h3-6,9-12H,7-8H2,1-2H3,(H,25,27). The smallest absolute Gasteiger partial charge is 0.259 e. The van der Waals surface area contributed by atoms with E-state index in [9.17, 15) is 4.79 Å². The van der Waals surface area contributed by atoms with Crippen molar-refractivity contribution in [2.24, 2.45) is 0 Å². The van der Waals surface area contributed by atoms with Crippen LogP contribution in [-0.2, 0) is 0 Å². The molecule has 3 aromatic rings. The van der Waals surface area contributed by atoms with Gasteiger partial charge in [0.25, 0.3) is 5.91 Å². The van der Waals surface area contributed by atoms with E-state index in [0.717, 1.165) is 11.4 Å². The van der Waals surface area contributed by atoms with Crippen molar-refractivity contribution in [3.05, 3.63) is 63.9 Å². The number of benzene rings is 2. The third-order valence-corrected chi connectivity index (χ3v) is 5.11. The Bertz CT molecular complexity index is 1060. The number of nitrogens with one attached hydrogen (secondary N) is 1. The van der Waals surface area contributed by atoms with E-state index in [4.69, 9.17) is 32.7 Å². The summed E-state index contributed by atoms with van der Waals surface area (Å²) in [5.74, 6) is 0.881. The van der Waals surface area contributed by atoms with Crippen molar-refractivity contribution >= 4 is 34.8 Å². The average Bonchev–Trinajstić information content (AvgIpc) is 3.15. The summed E-state index contributed by atoms with van der Waals surface area (Å²) in [5, 5.41) is 8.30. The fraction of sp³-hybridized carbons (Fsp3) is 0.238. The van der Waals surface area contributed by atoms with Crippen molar-refractivity contribution in [1.29, 1.82) is 0 Å². The number of halogens is 2. The highest BCUT2D eigenvalue weighted by atomic mass is 35.5. The lowest BCUT2D eigenvalue weighted by molar-refractivity contribution is 0.102. The van der Waals surface area contributed by atoms with E-state index >= 15 is 0 Å². The second-order valence-corrected chi connectivity index (χ2v) is 7.76. The van der Waals surface area contributed by atoms with Gasteiger partial charge in [-0.25, -0.2) is 4.68 Å². The van der Waals surface area contributed by atoms with E-state index in [2.05, 4.69) is 10.4 Å². The molecule has 4 rings (SSSR count). The molecule has 8 heteroatoms. The number of hydrogen-bond acceptors (Lipinski definition) is 4. The van der Waals surface area contributed by atoms with Crippen LogP contribution in [0.15, 0.2) is 42.6 Å². The summed E-state index contributed by atoms with van der Waals surface area (Å²) < 4.78 is 12.8. The summed E-state index contributed by atoms with van der Waals surface area (Å²) in [7, 11) is 0. The molecular weight excluding hydrogens is 413 g/mol. The first kappa shape index (κ1) is 19.6. The Morgan fingerprint density at radius 2 is 1.76 bits per heavy atom. The second kappa shape index (κ2) is 7.97. The van der Waals surface area contributed by atoms with Gasteiger partial charge in [0.15, 0.2) is 11.5 Å². The highest BCUT2D eigenvalue weighted by molar-refractivity contribution is 6.34. The van der Waals surface area contributed by atoms with Gasteiger partial charge < -0.3 is 14.8 Å². The van der Waals surface area contributed by atoms with Crippen LogP contribution in [0.1, 0.15) is 35.8 Å². The van der Waals surface area contributed by atoms with Crippen LogP contribution in [-0.4, -0.2) is 28.9 Å². The zero-order valence-corrected chi connectivity index (χ0v) is 17.4. The molecule has 0 spiro atoms. The topological polar surface area (TPSA) is 65.4 Å². The molecule has 0 bridgehead atoms. The number of anilines is 1. The van der Waals surface area contributed by atoms with E-state index in [1.165, 1.54) is 0 Å². The number of fused-ring (bicyclic) bond motifs is 1. The highest BCUT2D eigenvalue weighted by Crippen LogP contribution is 2.38. The van der Waals surface area contributed by atoms with E-state index < -0.39 is 0 Å². The first-order valence-electron chi connectivity index (χ1n) is 9.18. The van der Waals surface area contributed by atoms with Crippen LogP contribution in [0.2, 0.25) is 10.0 Å². The van der Waals surface area contributed by atoms with Gasteiger partial charge in [-0.2, -0.15) is 5.10 Å². The van der Waals surface area contributed by atoms with Crippen molar-refractivity contribution in [3.63, 3.8) is 0 Å². The van der Waals surface area contributed by atoms with Crippen molar-refractivity contribution in [2.75, 3.05) is 18.5 Å². The predicted molar refractivity (Wildman–Crippen MR) is 113 cm³/mol. The van der Waals surface area contributed by atoms with Gasteiger partial charge in [0.2, 0.25) is 0 Å². The minimum atomic E-state index is -0.299. The van der Waals surface area contributed by atoms with Gasteiger partial charge in [0, 0.05) is 17.2 Å². The predicted octanol–water partition coefficient (Wildman–Crippen LogP) is 5.33. The minimum Gasteiger partial charge on any atom is -0.486 e. The van der Waals surface area contributed by atoms with Crippen molar-refractivity contribution in [2.45, 2.75) is 19.8 Å². The molecule has 0 saturated carbocycles. The molecule has 0 unspecified atom stereocenters. The molecule has 0 saturated heterocycles. The summed E-state index contributed by atoms with van der Waals surface area (Å²) in [5.41, 5.74) is 2.55. The third kappa shape index (κ3) is 3.91. The van der Waals surface area contributed by atoms with Gasteiger partial charge in [-0.3, -0.25) is 4.79 Å². The summed E-state index contributed by atoms with van der Waals surface area (Å²) in [6, 6.07) is 10.6. The van der Waals surface area contributed by atoms with Crippen molar-refractivity contribution in [3.8, 4) is 17.2 Å². The quantitative estimate of drug-likeness (QED) is 0.606. The molecule has 1 aromatic heterocycles. The van der Waals surface area contributed by atoms with E-state index in [1.54, 1.807) is 35.1 Å². The second-order valence-electron chi connectivity index (χ2n) is 6.92. The number of ether oxygens (including phenoxy) is 2. The molecule has 0 aliphatic carbocycles. The maximum atomic E-state index is 13.0. The fourth-order valence-corrected chi connectivity index (χ4v) is 3.55. The SMILES string of the molecule is CC(C)c1c(C(=O)Nc2cc3c(cc2Cl)OCCO3)cnn1-c1ccc(Cl)cc1. The van der Waals surface area contributed by atoms with E-state index in [0.29, 0.717) is 46.0 Å². The summed E-state index contributed by atoms with van der Waals surface area (Å²) >= 11 is 12.3. The lowest BCUT2D eigenvalue weighted by atomic mass is 10.0. The van der Waals surface area contributed by atoms with Gasteiger partial charge in [-0.1, -0.05) is 37.0 Å². The number of hydrogen-bond donors (Lipinski definition) is 1.